The van der Waals surface area contributed by atoms with Crippen molar-refractivity contribution in [2.24, 2.45) is 4.99 Å². The van der Waals surface area contributed by atoms with E-state index in [0.717, 1.165) is 33.5 Å². The zero-order valence-corrected chi connectivity index (χ0v) is 12.6. The van der Waals surface area contributed by atoms with Crippen molar-refractivity contribution in [3.05, 3.63) is 65.0 Å². The molecule has 104 valence electrons. The first-order chi connectivity index (χ1) is 10.2. The Bertz CT molecular complexity index is 829. The van der Waals surface area contributed by atoms with Crippen LogP contribution in [0.4, 0.5) is 0 Å². The molecule has 0 N–H and O–H groups in total. The summed E-state index contributed by atoms with van der Waals surface area (Å²) in [5, 5.41) is 0.657. The fraction of sp³-hybridized carbons (Fsp3) is 0.118. The number of aromatic nitrogens is 2. The Morgan fingerprint density at radius 2 is 1.95 bits per heavy atom. The normalized spacial score (nSPS) is 18.5. The molecule has 0 radical (unpaired) electrons. The van der Waals surface area contributed by atoms with E-state index in [9.17, 15) is 0 Å². The summed E-state index contributed by atoms with van der Waals surface area (Å²) in [7, 11) is 1.79. The highest BCUT2D eigenvalue weighted by Crippen LogP contribution is 2.30. The Hall–Kier alpha value is -2.26. The van der Waals surface area contributed by atoms with Crippen molar-refractivity contribution in [2.75, 3.05) is 7.05 Å². The standard InChI is InChI=1S/C17H14ClN3/c1-3-11-8-12(4-5-15(11)19-2)14-9-13(18)10-16-17(14)21-7-6-20-16/h3-10H,1-2H3/b11-3-,19-15?. The Labute approximate surface area is 128 Å². The highest BCUT2D eigenvalue weighted by atomic mass is 35.5. The van der Waals surface area contributed by atoms with Gasteiger partial charge in [0.25, 0.3) is 0 Å². The number of hydrogen-bond acceptors (Lipinski definition) is 3. The van der Waals surface area contributed by atoms with Crippen LogP contribution in [-0.4, -0.2) is 22.7 Å². The summed E-state index contributed by atoms with van der Waals surface area (Å²) in [5.41, 5.74) is 5.75. The maximum atomic E-state index is 6.21. The number of halogens is 1. The molecule has 1 aromatic heterocycles. The van der Waals surface area contributed by atoms with E-state index in [-0.39, 0.29) is 0 Å². The van der Waals surface area contributed by atoms with Crippen molar-refractivity contribution < 1.29 is 0 Å². The number of hydrogen-bond donors (Lipinski definition) is 0. The molecule has 21 heavy (non-hydrogen) atoms. The SMILES string of the molecule is C/C=C1/C=C(c2cc(Cl)cc3nccnc23)C=CC1=NC. The van der Waals surface area contributed by atoms with Gasteiger partial charge in [0.15, 0.2) is 0 Å². The third-order valence-electron chi connectivity index (χ3n) is 3.43. The number of rotatable bonds is 1. The second kappa shape index (κ2) is 5.62. The van der Waals surface area contributed by atoms with Gasteiger partial charge < -0.3 is 0 Å². The van der Waals surface area contributed by atoms with E-state index in [4.69, 9.17) is 11.6 Å². The van der Waals surface area contributed by atoms with Crippen molar-refractivity contribution >= 4 is 33.9 Å². The lowest BCUT2D eigenvalue weighted by Gasteiger charge is -2.13. The summed E-state index contributed by atoms with van der Waals surface area (Å²) in [6.45, 7) is 2.00. The van der Waals surface area contributed by atoms with E-state index in [1.165, 1.54) is 0 Å². The molecule has 0 unspecified atom stereocenters. The second-order valence-electron chi connectivity index (χ2n) is 4.66. The molecular weight excluding hydrogens is 282 g/mol. The summed E-state index contributed by atoms with van der Waals surface area (Å²) in [6.07, 6.45) is 11.6. The molecule has 1 aromatic carbocycles. The van der Waals surface area contributed by atoms with Crippen LogP contribution in [0.3, 0.4) is 0 Å². The molecule has 2 aromatic rings. The van der Waals surface area contributed by atoms with Gasteiger partial charge in [0.05, 0.1) is 16.7 Å². The molecule has 0 spiro atoms. The molecule has 0 amide bonds. The van der Waals surface area contributed by atoms with E-state index in [1.807, 2.05) is 37.3 Å². The minimum Gasteiger partial charge on any atom is -0.288 e. The Morgan fingerprint density at radius 1 is 1.14 bits per heavy atom. The number of aliphatic imine (C=N–C) groups is 1. The predicted octanol–water partition coefficient (Wildman–Crippen LogP) is 4.25. The zero-order chi connectivity index (χ0) is 14.8. The fourth-order valence-electron chi connectivity index (χ4n) is 2.42. The molecular formula is C17H14ClN3. The molecule has 3 rings (SSSR count). The van der Waals surface area contributed by atoms with Gasteiger partial charge in [0.1, 0.15) is 0 Å². The topological polar surface area (TPSA) is 38.1 Å². The first-order valence-corrected chi connectivity index (χ1v) is 7.04. The molecule has 0 atom stereocenters. The maximum absolute atomic E-state index is 6.21. The van der Waals surface area contributed by atoms with Gasteiger partial charge in [-0.2, -0.15) is 0 Å². The monoisotopic (exact) mass is 295 g/mol. The van der Waals surface area contributed by atoms with Gasteiger partial charge in [-0.15, -0.1) is 0 Å². The molecule has 0 bridgehead atoms. The highest BCUT2D eigenvalue weighted by molar-refractivity contribution is 6.31. The minimum atomic E-state index is 0.657. The summed E-state index contributed by atoms with van der Waals surface area (Å²) >= 11 is 6.21. The van der Waals surface area contributed by atoms with Gasteiger partial charge in [0.2, 0.25) is 0 Å². The minimum absolute atomic E-state index is 0.657. The molecule has 0 fully saturated rings. The molecule has 1 heterocycles. The predicted molar refractivity (Wildman–Crippen MR) is 88.8 cm³/mol. The molecule has 1 aliphatic rings. The molecule has 0 aliphatic heterocycles. The van der Waals surface area contributed by atoms with E-state index >= 15 is 0 Å². The molecule has 0 saturated heterocycles. The van der Waals surface area contributed by atoms with Crippen LogP contribution in [0.5, 0.6) is 0 Å². The Kier molecular flexibility index (Phi) is 3.67. The number of allylic oxidation sites excluding steroid dienone is 6. The van der Waals surface area contributed by atoms with Crippen LogP contribution in [-0.2, 0) is 0 Å². The van der Waals surface area contributed by atoms with Gasteiger partial charge in [-0.3, -0.25) is 15.0 Å². The van der Waals surface area contributed by atoms with Gasteiger partial charge in [-0.1, -0.05) is 23.8 Å². The van der Waals surface area contributed by atoms with Gasteiger partial charge >= 0.3 is 0 Å². The summed E-state index contributed by atoms with van der Waals surface area (Å²) in [5.74, 6) is 0. The van der Waals surface area contributed by atoms with Crippen LogP contribution >= 0.6 is 11.6 Å². The van der Waals surface area contributed by atoms with Crippen LogP contribution in [0, 0.1) is 0 Å². The van der Waals surface area contributed by atoms with Crippen LogP contribution in [0.25, 0.3) is 16.6 Å². The van der Waals surface area contributed by atoms with Crippen LogP contribution in [0.15, 0.2) is 59.4 Å². The van der Waals surface area contributed by atoms with E-state index in [2.05, 4.69) is 21.0 Å². The third-order valence-corrected chi connectivity index (χ3v) is 3.65. The summed E-state index contributed by atoms with van der Waals surface area (Å²) in [6, 6.07) is 3.76. The molecule has 4 heteroatoms. The van der Waals surface area contributed by atoms with Crippen molar-refractivity contribution in [3.63, 3.8) is 0 Å². The molecule has 1 aliphatic carbocycles. The average Bonchev–Trinajstić information content (AvgIpc) is 2.53. The maximum Gasteiger partial charge on any atom is 0.0966 e. The quantitative estimate of drug-likeness (QED) is 0.788. The molecule has 3 nitrogen and oxygen atoms in total. The van der Waals surface area contributed by atoms with Gasteiger partial charge in [-0.05, 0) is 42.4 Å². The zero-order valence-electron chi connectivity index (χ0n) is 11.8. The lowest BCUT2D eigenvalue weighted by Crippen LogP contribution is -2.02. The first-order valence-electron chi connectivity index (χ1n) is 6.67. The lowest BCUT2D eigenvalue weighted by molar-refractivity contribution is 1.29. The second-order valence-corrected chi connectivity index (χ2v) is 5.10. The number of nitrogens with zero attached hydrogens (tertiary/aromatic N) is 3. The lowest BCUT2D eigenvalue weighted by atomic mass is 9.94. The van der Waals surface area contributed by atoms with Crippen LogP contribution < -0.4 is 0 Å². The smallest absolute Gasteiger partial charge is 0.0966 e. The van der Waals surface area contributed by atoms with Crippen molar-refractivity contribution in [3.8, 4) is 0 Å². The summed E-state index contributed by atoms with van der Waals surface area (Å²) < 4.78 is 0. The van der Waals surface area contributed by atoms with E-state index in [0.29, 0.717) is 5.02 Å². The van der Waals surface area contributed by atoms with Crippen molar-refractivity contribution in [1.82, 2.24) is 9.97 Å². The third kappa shape index (κ3) is 2.52. The van der Waals surface area contributed by atoms with Crippen LogP contribution in [0.1, 0.15) is 12.5 Å². The first kappa shape index (κ1) is 13.7. The van der Waals surface area contributed by atoms with E-state index in [1.54, 1.807) is 19.4 Å². The number of benzene rings is 1. The number of fused-ring (bicyclic) bond motifs is 1. The summed E-state index contributed by atoms with van der Waals surface area (Å²) in [4.78, 5) is 13.0. The van der Waals surface area contributed by atoms with Crippen molar-refractivity contribution in [1.29, 1.82) is 0 Å². The fourth-order valence-corrected chi connectivity index (χ4v) is 2.63. The van der Waals surface area contributed by atoms with Gasteiger partial charge in [-0.25, -0.2) is 0 Å². The average molecular weight is 296 g/mol. The Balaban J connectivity index is 2.22. The van der Waals surface area contributed by atoms with Gasteiger partial charge in [0, 0.05) is 30.0 Å². The van der Waals surface area contributed by atoms with Crippen molar-refractivity contribution in [2.45, 2.75) is 6.92 Å². The largest absolute Gasteiger partial charge is 0.288 e. The Morgan fingerprint density at radius 3 is 2.71 bits per heavy atom. The van der Waals surface area contributed by atoms with E-state index < -0.39 is 0 Å². The molecule has 0 saturated carbocycles. The highest BCUT2D eigenvalue weighted by Gasteiger charge is 2.13. The van der Waals surface area contributed by atoms with Crippen LogP contribution in [0.2, 0.25) is 5.02 Å².